The SMILES string of the molecule is O=C(CC1(NC(=O)OCC2c3ccccc3-c3ccccc32)CC1)Nc1cccc(C(=O)O)c1F. The molecular weight excluding hydrogens is 451 g/mol. The quantitative estimate of drug-likeness (QED) is 0.451. The van der Waals surface area contributed by atoms with Crippen LogP contribution in [0.15, 0.2) is 66.7 Å². The van der Waals surface area contributed by atoms with E-state index in [1.807, 2.05) is 36.4 Å². The number of carboxylic acids is 1. The molecule has 0 unspecified atom stereocenters. The van der Waals surface area contributed by atoms with Gasteiger partial charge in [0.1, 0.15) is 6.61 Å². The number of carbonyl (C=O) groups excluding carboxylic acids is 2. The molecular formula is C27H23FN2O5. The number of ether oxygens (including phenoxy) is 1. The lowest BCUT2D eigenvalue weighted by molar-refractivity contribution is -0.116. The van der Waals surface area contributed by atoms with Gasteiger partial charge in [0.2, 0.25) is 5.91 Å². The van der Waals surface area contributed by atoms with Crippen molar-refractivity contribution in [2.24, 2.45) is 0 Å². The van der Waals surface area contributed by atoms with Crippen LogP contribution in [0.3, 0.4) is 0 Å². The zero-order valence-corrected chi connectivity index (χ0v) is 18.7. The van der Waals surface area contributed by atoms with Crippen LogP contribution in [0.1, 0.15) is 46.7 Å². The van der Waals surface area contributed by atoms with Gasteiger partial charge in [0.15, 0.2) is 5.82 Å². The Kier molecular flexibility index (Phi) is 5.72. The van der Waals surface area contributed by atoms with Crippen LogP contribution >= 0.6 is 0 Å². The van der Waals surface area contributed by atoms with Crippen molar-refractivity contribution in [3.63, 3.8) is 0 Å². The number of nitrogens with one attached hydrogen (secondary N) is 2. The number of fused-ring (bicyclic) bond motifs is 3. The molecule has 0 spiro atoms. The van der Waals surface area contributed by atoms with E-state index in [0.29, 0.717) is 12.8 Å². The highest BCUT2D eigenvalue weighted by Gasteiger charge is 2.46. The number of amides is 2. The van der Waals surface area contributed by atoms with Gasteiger partial charge in [-0.25, -0.2) is 14.0 Å². The second-order valence-electron chi connectivity index (χ2n) is 8.93. The molecule has 2 aliphatic carbocycles. The van der Waals surface area contributed by atoms with E-state index in [2.05, 4.69) is 22.8 Å². The minimum atomic E-state index is -1.42. The molecule has 0 radical (unpaired) electrons. The molecule has 0 heterocycles. The van der Waals surface area contributed by atoms with Crippen molar-refractivity contribution in [1.82, 2.24) is 5.32 Å². The second-order valence-corrected chi connectivity index (χ2v) is 8.93. The van der Waals surface area contributed by atoms with Gasteiger partial charge in [-0.05, 0) is 47.2 Å². The average molecular weight is 474 g/mol. The van der Waals surface area contributed by atoms with E-state index < -0.39 is 34.9 Å². The highest BCUT2D eigenvalue weighted by Crippen LogP contribution is 2.44. The number of anilines is 1. The third-order valence-electron chi connectivity index (χ3n) is 6.57. The number of hydrogen-bond acceptors (Lipinski definition) is 4. The molecule has 2 amide bonds. The number of carbonyl (C=O) groups is 3. The maximum absolute atomic E-state index is 14.3. The van der Waals surface area contributed by atoms with Crippen LogP contribution in [0.5, 0.6) is 0 Å². The van der Waals surface area contributed by atoms with Gasteiger partial charge in [-0.3, -0.25) is 4.79 Å². The number of rotatable bonds is 7. The summed E-state index contributed by atoms with van der Waals surface area (Å²) in [4.78, 5) is 36.2. The number of alkyl carbamates (subject to hydrolysis) is 1. The van der Waals surface area contributed by atoms with Gasteiger partial charge in [0.05, 0.1) is 23.2 Å². The summed E-state index contributed by atoms with van der Waals surface area (Å²) in [6.07, 6.45) is 0.481. The van der Waals surface area contributed by atoms with Crippen molar-refractivity contribution in [2.45, 2.75) is 30.7 Å². The van der Waals surface area contributed by atoms with Gasteiger partial charge in [0.25, 0.3) is 0 Å². The maximum Gasteiger partial charge on any atom is 0.407 e. The predicted octanol–water partition coefficient (Wildman–Crippen LogP) is 4.92. The third-order valence-corrected chi connectivity index (χ3v) is 6.57. The molecule has 0 aliphatic heterocycles. The first-order valence-corrected chi connectivity index (χ1v) is 11.3. The summed E-state index contributed by atoms with van der Waals surface area (Å²) in [6, 6.07) is 19.8. The van der Waals surface area contributed by atoms with E-state index in [-0.39, 0.29) is 24.6 Å². The summed E-state index contributed by atoms with van der Waals surface area (Å²) in [6.45, 7) is 0.162. The summed E-state index contributed by atoms with van der Waals surface area (Å²) in [5.74, 6) is -3.03. The molecule has 178 valence electrons. The van der Waals surface area contributed by atoms with E-state index in [4.69, 9.17) is 9.84 Å². The number of hydrogen-bond donors (Lipinski definition) is 3. The smallest absolute Gasteiger partial charge is 0.407 e. The van der Waals surface area contributed by atoms with Crippen LogP contribution < -0.4 is 10.6 Å². The fourth-order valence-corrected chi connectivity index (χ4v) is 4.64. The lowest BCUT2D eigenvalue weighted by atomic mass is 9.98. The first-order chi connectivity index (χ1) is 16.9. The molecule has 0 bridgehead atoms. The largest absolute Gasteiger partial charge is 0.478 e. The Bertz CT molecular complexity index is 1290. The maximum atomic E-state index is 14.3. The molecule has 5 rings (SSSR count). The van der Waals surface area contributed by atoms with E-state index in [9.17, 15) is 18.8 Å². The lowest BCUT2D eigenvalue weighted by Gasteiger charge is -2.19. The number of halogens is 1. The monoisotopic (exact) mass is 474 g/mol. The predicted molar refractivity (Wildman–Crippen MR) is 127 cm³/mol. The van der Waals surface area contributed by atoms with Crippen LogP contribution in [0, 0.1) is 5.82 Å². The van der Waals surface area contributed by atoms with Crippen LogP contribution in [-0.4, -0.2) is 35.2 Å². The van der Waals surface area contributed by atoms with Crippen LogP contribution in [0.25, 0.3) is 11.1 Å². The van der Waals surface area contributed by atoms with E-state index in [1.165, 1.54) is 12.1 Å². The molecule has 8 heteroatoms. The molecule has 0 aromatic heterocycles. The fraction of sp³-hybridized carbons (Fsp3) is 0.222. The van der Waals surface area contributed by atoms with Gasteiger partial charge >= 0.3 is 12.1 Å². The molecule has 1 saturated carbocycles. The van der Waals surface area contributed by atoms with Gasteiger partial charge in [-0.2, -0.15) is 0 Å². The van der Waals surface area contributed by atoms with Gasteiger partial charge in [0, 0.05) is 5.92 Å². The summed E-state index contributed by atoms with van der Waals surface area (Å²) < 4.78 is 19.9. The zero-order chi connectivity index (χ0) is 24.6. The first kappa shape index (κ1) is 22.6. The molecule has 3 N–H and O–H groups in total. The van der Waals surface area contributed by atoms with Crippen LogP contribution in [-0.2, 0) is 9.53 Å². The minimum absolute atomic E-state index is 0.0731. The third kappa shape index (κ3) is 4.47. The highest BCUT2D eigenvalue weighted by molar-refractivity contribution is 5.95. The van der Waals surface area contributed by atoms with Crippen molar-refractivity contribution in [3.8, 4) is 11.1 Å². The minimum Gasteiger partial charge on any atom is -0.478 e. The Labute approximate surface area is 200 Å². The summed E-state index contributed by atoms with van der Waals surface area (Å²) in [5.41, 5.74) is 2.97. The van der Waals surface area contributed by atoms with Crippen molar-refractivity contribution >= 4 is 23.7 Å². The van der Waals surface area contributed by atoms with Gasteiger partial charge < -0.3 is 20.5 Å². The van der Waals surface area contributed by atoms with Gasteiger partial charge in [-0.1, -0.05) is 54.6 Å². The Hall–Kier alpha value is -4.20. The van der Waals surface area contributed by atoms with Gasteiger partial charge in [-0.15, -0.1) is 0 Å². The molecule has 0 atom stereocenters. The summed E-state index contributed by atoms with van der Waals surface area (Å²) in [5, 5.41) is 14.2. The molecule has 3 aromatic carbocycles. The first-order valence-electron chi connectivity index (χ1n) is 11.3. The Morgan fingerprint density at radius 1 is 0.943 bits per heavy atom. The Morgan fingerprint density at radius 2 is 1.57 bits per heavy atom. The topological polar surface area (TPSA) is 105 Å². The number of benzene rings is 3. The lowest BCUT2D eigenvalue weighted by Crippen LogP contribution is -2.40. The van der Waals surface area contributed by atoms with E-state index >= 15 is 0 Å². The zero-order valence-electron chi connectivity index (χ0n) is 18.7. The van der Waals surface area contributed by atoms with Crippen molar-refractivity contribution in [3.05, 3.63) is 89.2 Å². The molecule has 2 aliphatic rings. The molecule has 7 nitrogen and oxygen atoms in total. The standard InChI is InChI=1S/C27H23FN2O5/c28-24-20(25(32)33)10-5-11-22(24)29-23(31)14-27(12-13-27)30-26(34)35-15-21-18-8-3-1-6-16(18)17-7-2-4-9-19(17)21/h1-11,21H,12-15H2,(H,29,31)(H,30,34)(H,32,33). The van der Waals surface area contributed by atoms with E-state index in [0.717, 1.165) is 28.3 Å². The van der Waals surface area contributed by atoms with Crippen molar-refractivity contribution < 1.29 is 28.6 Å². The van der Waals surface area contributed by atoms with E-state index in [1.54, 1.807) is 0 Å². The van der Waals surface area contributed by atoms with Crippen LogP contribution in [0.2, 0.25) is 0 Å². The second kappa shape index (κ2) is 8.87. The molecule has 1 fully saturated rings. The summed E-state index contributed by atoms with van der Waals surface area (Å²) in [7, 11) is 0. The molecule has 3 aromatic rings. The average Bonchev–Trinajstić information content (AvgIpc) is 3.50. The number of carboxylic acid groups (broad SMARTS) is 1. The molecule has 0 saturated heterocycles. The highest BCUT2D eigenvalue weighted by atomic mass is 19.1. The Morgan fingerprint density at radius 3 is 2.17 bits per heavy atom. The Balaban J connectivity index is 1.19. The summed E-state index contributed by atoms with van der Waals surface area (Å²) >= 11 is 0. The van der Waals surface area contributed by atoms with Crippen LogP contribution in [0.4, 0.5) is 14.9 Å². The molecule has 35 heavy (non-hydrogen) atoms. The normalized spacial score (nSPS) is 15.0. The fourth-order valence-electron chi connectivity index (χ4n) is 4.64. The number of aromatic carboxylic acids is 1. The van der Waals surface area contributed by atoms with Crippen molar-refractivity contribution in [2.75, 3.05) is 11.9 Å². The van der Waals surface area contributed by atoms with Crippen molar-refractivity contribution in [1.29, 1.82) is 0 Å².